The molecule has 0 saturated heterocycles. The zero-order chi connectivity index (χ0) is 14.2. The molecule has 2 aliphatic carbocycles. The molecule has 106 valence electrons. The summed E-state index contributed by atoms with van der Waals surface area (Å²) in [6.07, 6.45) is 8.06. The third-order valence-electron chi connectivity index (χ3n) is 4.34. The van der Waals surface area contributed by atoms with Crippen LogP contribution in [0.4, 0.5) is 5.69 Å². The monoisotopic (exact) mass is 281 g/mol. The van der Waals surface area contributed by atoms with E-state index in [1.165, 1.54) is 6.33 Å². The standard InChI is InChI=1S/C15H15N5O/c21-15(14-7-10-4-5-11(14)6-10)17-12-2-1-3-13(8-12)20-9-16-18-19-20/h1-5,8-11,14H,6-7H2,(H,17,21)/t10-,11-,14-/m0/s1. The SMILES string of the molecule is O=C(Nc1cccc(-n2cnnn2)c1)[C@H]1C[C@H]2C=C[C@H]1C2. The van der Waals surface area contributed by atoms with Gasteiger partial charge in [0, 0.05) is 11.6 Å². The molecule has 2 aliphatic rings. The zero-order valence-corrected chi connectivity index (χ0v) is 11.4. The van der Waals surface area contributed by atoms with Crippen LogP contribution in [0.1, 0.15) is 12.8 Å². The number of aromatic nitrogens is 4. The minimum Gasteiger partial charge on any atom is -0.326 e. The predicted molar refractivity (Wildman–Crippen MR) is 76.6 cm³/mol. The van der Waals surface area contributed by atoms with Gasteiger partial charge >= 0.3 is 0 Å². The average Bonchev–Trinajstić information content (AvgIpc) is 3.24. The number of rotatable bonds is 3. The lowest BCUT2D eigenvalue weighted by molar-refractivity contribution is -0.120. The molecule has 1 amide bonds. The number of fused-ring (bicyclic) bond motifs is 2. The molecule has 0 radical (unpaired) electrons. The Labute approximate surface area is 121 Å². The number of carbonyl (C=O) groups excluding carboxylic acids is 1. The van der Waals surface area contributed by atoms with E-state index in [9.17, 15) is 4.79 Å². The van der Waals surface area contributed by atoms with Crippen LogP contribution in [0.5, 0.6) is 0 Å². The largest absolute Gasteiger partial charge is 0.326 e. The summed E-state index contributed by atoms with van der Waals surface area (Å²) in [6.45, 7) is 0. The van der Waals surface area contributed by atoms with Crippen LogP contribution in [-0.2, 0) is 4.79 Å². The lowest BCUT2D eigenvalue weighted by atomic mass is 9.93. The Bertz CT molecular complexity index is 694. The van der Waals surface area contributed by atoms with Crippen molar-refractivity contribution in [3.05, 3.63) is 42.7 Å². The first-order chi connectivity index (χ1) is 10.3. The van der Waals surface area contributed by atoms with Crippen molar-refractivity contribution in [2.75, 3.05) is 5.32 Å². The second-order valence-corrected chi connectivity index (χ2v) is 5.68. The Hall–Kier alpha value is -2.50. The van der Waals surface area contributed by atoms with Crippen LogP contribution in [0.3, 0.4) is 0 Å². The van der Waals surface area contributed by atoms with E-state index in [0.717, 1.165) is 24.2 Å². The average molecular weight is 281 g/mol. The highest BCUT2D eigenvalue weighted by molar-refractivity contribution is 5.93. The summed E-state index contributed by atoms with van der Waals surface area (Å²) in [4.78, 5) is 12.4. The number of benzene rings is 1. The minimum atomic E-state index is 0.108. The van der Waals surface area contributed by atoms with E-state index >= 15 is 0 Å². The number of anilines is 1. The first kappa shape index (κ1) is 12.3. The van der Waals surface area contributed by atoms with Crippen molar-refractivity contribution in [1.29, 1.82) is 0 Å². The molecule has 1 N–H and O–H groups in total. The highest BCUT2D eigenvalue weighted by Crippen LogP contribution is 2.43. The first-order valence-corrected chi connectivity index (χ1v) is 7.12. The van der Waals surface area contributed by atoms with E-state index < -0.39 is 0 Å². The van der Waals surface area contributed by atoms with Crippen LogP contribution in [0.25, 0.3) is 5.69 Å². The molecular weight excluding hydrogens is 266 g/mol. The molecule has 0 unspecified atom stereocenters. The number of carbonyl (C=O) groups is 1. The number of nitrogens with one attached hydrogen (secondary N) is 1. The summed E-state index contributed by atoms with van der Waals surface area (Å²) in [5, 5.41) is 14.1. The number of amides is 1. The van der Waals surface area contributed by atoms with Gasteiger partial charge in [-0.3, -0.25) is 4.79 Å². The van der Waals surface area contributed by atoms with E-state index in [2.05, 4.69) is 33.0 Å². The van der Waals surface area contributed by atoms with Crippen LogP contribution in [0, 0.1) is 17.8 Å². The van der Waals surface area contributed by atoms with Gasteiger partial charge < -0.3 is 5.32 Å². The van der Waals surface area contributed by atoms with E-state index in [1.807, 2.05) is 24.3 Å². The molecule has 0 spiro atoms. The van der Waals surface area contributed by atoms with Gasteiger partial charge in [0.15, 0.2) is 0 Å². The van der Waals surface area contributed by atoms with Crippen LogP contribution in [0.2, 0.25) is 0 Å². The fourth-order valence-electron chi connectivity index (χ4n) is 3.32. The molecule has 1 heterocycles. The van der Waals surface area contributed by atoms with E-state index in [0.29, 0.717) is 11.8 Å². The maximum absolute atomic E-state index is 12.4. The van der Waals surface area contributed by atoms with Crippen molar-refractivity contribution in [3.63, 3.8) is 0 Å². The molecule has 1 aromatic carbocycles. The van der Waals surface area contributed by atoms with Crippen LogP contribution in [0.15, 0.2) is 42.7 Å². The number of nitrogens with zero attached hydrogens (tertiary/aromatic N) is 4. The predicted octanol–water partition coefficient (Wildman–Crippen LogP) is 1.81. The quantitative estimate of drug-likeness (QED) is 0.871. The Kier molecular flexibility index (Phi) is 2.80. The molecule has 2 aromatic rings. The van der Waals surface area contributed by atoms with Gasteiger partial charge in [-0.2, -0.15) is 0 Å². The lowest BCUT2D eigenvalue weighted by Crippen LogP contribution is -2.25. The molecule has 0 aliphatic heterocycles. The van der Waals surface area contributed by atoms with E-state index in [-0.39, 0.29) is 11.8 Å². The molecule has 2 bridgehead atoms. The maximum Gasteiger partial charge on any atom is 0.228 e. The Morgan fingerprint density at radius 1 is 1.29 bits per heavy atom. The van der Waals surface area contributed by atoms with Crippen LogP contribution >= 0.6 is 0 Å². The van der Waals surface area contributed by atoms with Gasteiger partial charge in [0.25, 0.3) is 0 Å². The van der Waals surface area contributed by atoms with Crippen molar-refractivity contribution >= 4 is 11.6 Å². The van der Waals surface area contributed by atoms with Gasteiger partial charge in [0.2, 0.25) is 5.91 Å². The summed E-state index contributed by atoms with van der Waals surface area (Å²) < 4.78 is 1.57. The van der Waals surface area contributed by atoms with E-state index in [4.69, 9.17) is 0 Å². The molecule has 1 aromatic heterocycles. The summed E-state index contributed by atoms with van der Waals surface area (Å²) in [7, 11) is 0. The number of allylic oxidation sites excluding steroid dienone is 2. The molecule has 6 heteroatoms. The summed E-state index contributed by atoms with van der Waals surface area (Å²) >= 11 is 0. The van der Waals surface area contributed by atoms with Gasteiger partial charge in [0.1, 0.15) is 6.33 Å². The van der Waals surface area contributed by atoms with Crippen molar-refractivity contribution < 1.29 is 4.79 Å². The van der Waals surface area contributed by atoms with Gasteiger partial charge in [-0.05, 0) is 53.3 Å². The highest BCUT2D eigenvalue weighted by Gasteiger charge is 2.39. The number of hydrogen-bond acceptors (Lipinski definition) is 4. The summed E-state index contributed by atoms with van der Waals surface area (Å²) in [5.41, 5.74) is 1.60. The third-order valence-corrected chi connectivity index (χ3v) is 4.34. The highest BCUT2D eigenvalue weighted by atomic mass is 16.1. The first-order valence-electron chi connectivity index (χ1n) is 7.12. The molecular formula is C15H15N5O. The smallest absolute Gasteiger partial charge is 0.228 e. The second-order valence-electron chi connectivity index (χ2n) is 5.68. The third kappa shape index (κ3) is 2.22. The number of tetrazole rings is 1. The fourth-order valence-corrected chi connectivity index (χ4v) is 3.32. The lowest BCUT2D eigenvalue weighted by Gasteiger charge is -2.17. The molecule has 1 fully saturated rings. The molecule has 6 nitrogen and oxygen atoms in total. The normalized spacial score (nSPS) is 26.2. The Morgan fingerprint density at radius 2 is 2.24 bits per heavy atom. The van der Waals surface area contributed by atoms with Gasteiger partial charge in [-0.1, -0.05) is 18.2 Å². The fraction of sp³-hybridized carbons (Fsp3) is 0.333. The van der Waals surface area contributed by atoms with Crippen molar-refractivity contribution in [1.82, 2.24) is 20.2 Å². The van der Waals surface area contributed by atoms with Gasteiger partial charge in [-0.15, -0.1) is 5.10 Å². The van der Waals surface area contributed by atoms with Gasteiger partial charge in [-0.25, -0.2) is 4.68 Å². The number of hydrogen-bond donors (Lipinski definition) is 1. The Morgan fingerprint density at radius 3 is 2.95 bits per heavy atom. The minimum absolute atomic E-state index is 0.108. The molecule has 21 heavy (non-hydrogen) atoms. The Balaban J connectivity index is 1.51. The van der Waals surface area contributed by atoms with Crippen LogP contribution in [-0.4, -0.2) is 26.1 Å². The zero-order valence-electron chi connectivity index (χ0n) is 11.4. The molecule has 3 atom stereocenters. The van der Waals surface area contributed by atoms with Crippen molar-refractivity contribution in [2.45, 2.75) is 12.8 Å². The van der Waals surface area contributed by atoms with Crippen molar-refractivity contribution in [2.24, 2.45) is 17.8 Å². The van der Waals surface area contributed by atoms with E-state index in [1.54, 1.807) is 4.68 Å². The maximum atomic E-state index is 12.4. The summed E-state index contributed by atoms with van der Waals surface area (Å²) in [5.74, 6) is 1.23. The van der Waals surface area contributed by atoms with Gasteiger partial charge in [0.05, 0.1) is 5.69 Å². The molecule has 1 saturated carbocycles. The summed E-state index contributed by atoms with van der Waals surface area (Å²) in [6, 6.07) is 7.53. The second kappa shape index (κ2) is 4.80. The molecule has 4 rings (SSSR count). The van der Waals surface area contributed by atoms with Crippen LogP contribution < -0.4 is 5.32 Å². The van der Waals surface area contributed by atoms with Crippen molar-refractivity contribution in [3.8, 4) is 5.69 Å². The topological polar surface area (TPSA) is 72.7 Å².